The van der Waals surface area contributed by atoms with Gasteiger partial charge in [0, 0.05) is 19.0 Å². The van der Waals surface area contributed by atoms with Gasteiger partial charge in [-0.2, -0.15) is 11.3 Å². The van der Waals surface area contributed by atoms with E-state index in [9.17, 15) is 0 Å². The summed E-state index contributed by atoms with van der Waals surface area (Å²) in [6.07, 6.45) is 2.86. The minimum Gasteiger partial charge on any atom is -0.370 e. The van der Waals surface area contributed by atoms with Gasteiger partial charge >= 0.3 is 0 Å². The molecule has 0 saturated heterocycles. The van der Waals surface area contributed by atoms with E-state index in [2.05, 4.69) is 44.5 Å². The molecule has 0 saturated carbocycles. The maximum Gasteiger partial charge on any atom is 0.145 e. The minimum absolute atomic E-state index is 0.650. The van der Waals surface area contributed by atoms with Gasteiger partial charge in [0.05, 0.1) is 0 Å². The zero-order valence-electron chi connectivity index (χ0n) is 11.0. The molecule has 2 aromatic rings. The van der Waals surface area contributed by atoms with Crippen LogP contribution in [0.2, 0.25) is 0 Å². The van der Waals surface area contributed by atoms with Gasteiger partial charge in [-0.05, 0) is 35.2 Å². The quantitative estimate of drug-likeness (QED) is 0.535. The van der Waals surface area contributed by atoms with Crippen molar-refractivity contribution < 1.29 is 0 Å². The van der Waals surface area contributed by atoms with Crippen molar-refractivity contribution in [2.24, 2.45) is 5.84 Å². The summed E-state index contributed by atoms with van der Waals surface area (Å²) in [6, 6.07) is 3.97. The monoisotopic (exact) mass is 277 g/mol. The van der Waals surface area contributed by atoms with Crippen LogP contribution in [0.4, 0.5) is 11.6 Å². The number of hydrazine groups is 1. The largest absolute Gasteiger partial charge is 0.370 e. The third-order valence-electron chi connectivity index (χ3n) is 2.69. The van der Waals surface area contributed by atoms with Gasteiger partial charge in [0.1, 0.15) is 17.5 Å². The minimum atomic E-state index is 0.650. The summed E-state index contributed by atoms with van der Waals surface area (Å²) in [6.45, 7) is 2.96. The highest BCUT2D eigenvalue weighted by atomic mass is 32.1. The molecule has 2 heterocycles. The maximum absolute atomic E-state index is 5.42. The van der Waals surface area contributed by atoms with E-state index in [1.807, 2.05) is 6.07 Å². The highest BCUT2D eigenvalue weighted by molar-refractivity contribution is 7.07. The number of nitrogens with one attached hydrogen (secondary N) is 2. The van der Waals surface area contributed by atoms with E-state index >= 15 is 0 Å². The molecule has 0 aliphatic rings. The number of nitrogens with two attached hydrogens (primary N) is 1. The Bertz CT molecular complexity index is 498. The molecule has 0 aliphatic heterocycles. The van der Waals surface area contributed by atoms with E-state index < -0.39 is 0 Å². The Kier molecular flexibility index (Phi) is 5.11. The van der Waals surface area contributed by atoms with Crippen LogP contribution in [-0.4, -0.2) is 16.5 Å². The zero-order valence-corrected chi connectivity index (χ0v) is 11.8. The fourth-order valence-electron chi connectivity index (χ4n) is 1.77. The Morgan fingerprint density at radius 1 is 1.26 bits per heavy atom. The first-order valence-electron chi connectivity index (χ1n) is 6.41. The summed E-state index contributed by atoms with van der Waals surface area (Å²) >= 11 is 1.72. The van der Waals surface area contributed by atoms with Crippen LogP contribution in [0.3, 0.4) is 0 Å². The molecule has 0 aliphatic carbocycles. The molecule has 2 aromatic heterocycles. The van der Waals surface area contributed by atoms with E-state index in [-0.39, 0.29) is 0 Å². The lowest BCUT2D eigenvalue weighted by Gasteiger charge is -2.09. The predicted octanol–water partition coefficient (Wildman–Crippen LogP) is 2.43. The van der Waals surface area contributed by atoms with Crippen LogP contribution < -0.4 is 16.6 Å². The highest BCUT2D eigenvalue weighted by Gasteiger charge is 2.03. The Morgan fingerprint density at radius 3 is 2.79 bits per heavy atom. The predicted molar refractivity (Wildman–Crippen MR) is 80.3 cm³/mol. The van der Waals surface area contributed by atoms with Crippen LogP contribution in [0, 0.1) is 0 Å². The van der Waals surface area contributed by atoms with Crippen molar-refractivity contribution in [3.8, 4) is 0 Å². The van der Waals surface area contributed by atoms with Crippen molar-refractivity contribution in [1.29, 1.82) is 0 Å². The molecule has 0 bridgehead atoms. The molecule has 5 nitrogen and oxygen atoms in total. The molecule has 19 heavy (non-hydrogen) atoms. The van der Waals surface area contributed by atoms with E-state index in [1.165, 1.54) is 5.56 Å². The number of anilines is 2. The van der Waals surface area contributed by atoms with E-state index in [4.69, 9.17) is 5.84 Å². The lowest BCUT2D eigenvalue weighted by molar-refractivity contribution is 0.833. The molecule has 102 valence electrons. The normalized spacial score (nSPS) is 10.4. The fourth-order valence-corrected chi connectivity index (χ4v) is 2.47. The van der Waals surface area contributed by atoms with Gasteiger partial charge in [0.2, 0.25) is 0 Å². The van der Waals surface area contributed by atoms with Crippen molar-refractivity contribution >= 4 is 23.0 Å². The van der Waals surface area contributed by atoms with Gasteiger partial charge in [0.15, 0.2) is 0 Å². The van der Waals surface area contributed by atoms with E-state index in [1.54, 1.807) is 11.3 Å². The molecule has 4 N–H and O–H groups in total. The van der Waals surface area contributed by atoms with E-state index in [0.29, 0.717) is 5.82 Å². The first-order chi connectivity index (χ1) is 9.31. The maximum atomic E-state index is 5.42. The molecule has 0 spiro atoms. The molecule has 0 amide bonds. The molecule has 0 atom stereocenters. The number of aromatic nitrogens is 2. The first-order valence-corrected chi connectivity index (χ1v) is 7.35. The second-order valence-electron chi connectivity index (χ2n) is 4.26. The molecular weight excluding hydrogens is 258 g/mol. The Hall–Kier alpha value is -1.66. The highest BCUT2D eigenvalue weighted by Crippen LogP contribution is 2.12. The number of rotatable bonds is 7. The smallest absolute Gasteiger partial charge is 0.145 e. The molecule has 6 heteroatoms. The number of nitrogen functional groups attached to an aromatic ring is 1. The van der Waals surface area contributed by atoms with Gasteiger partial charge in [-0.15, -0.1) is 0 Å². The lowest BCUT2D eigenvalue weighted by Crippen LogP contribution is -2.13. The van der Waals surface area contributed by atoms with Crippen molar-refractivity contribution in [1.82, 2.24) is 9.97 Å². The number of hydrogen-bond donors (Lipinski definition) is 3. The summed E-state index contributed by atoms with van der Waals surface area (Å²) in [5.41, 5.74) is 3.93. The summed E-state index contributed by atoms with van der Waals surface area (Å²) in [5.74, 6) is 7.71. The van der Waals surface area contributed by atoms with Gasteiger partial charge in [-0.1, -0.05) is 6.92 Å². The third kappa shape index (κ3) is 4.18. The second kappa shape index (κ2) is 7.06. The SMILES string of the molecule is CCCc1nc(NN)cc(NCCc2ccsc2)n1. The molecule has 0 fully saturated rings. The third-order valence-corrected chi connectivity index (χ3v) is 3.43. The Labute approximate surface area is 117 Å². The van der Waals surface area contributed by atoms with Gasteiger partial charge in [-0.25, -0.2) is 15.8 Å². The zero-order chi connectivity index (χ0) is 13.5. The Balaban J connectivity index is 1.96. The summed E-state index contributed by atoms with van der Waals surface area (Å²) in [4.78, 5) is 8.79. The van der Waals surface area contributed by atoms with Crippen LogP contribution in [0.15, 0.2) is 22.9 Å². The van der Waals surface area contributed by atoms with Crippen LogP contribution in [0.25, 0.3) is 0 Å². The van der Waals surface area contributed by atoms with Gasteiger partial charge < -0.3 is 10.7 Å². The average Bonchev–Trinajstić information content (AvgIpc) is 2.92. The standard InChI is InChI=1S/C13H19N5S/c1-2-3-11-16-12(8-13(17-11)18-14)15-6-4-10-5-7-19-9-10/h5,7-9H,2-4,6,14H2,1H3,(H2,15,16,17,18). The van der Waals surface area contributed by atoms with Crippen LogP contribution in [-0.2, 0) is 12.8 Å². The molecule has 0 unspecified atom stereocenters. The topological polar surface area (TPSA) is 75.9 Å². The van der Waals surface area contributed by atoms with Crippen molar-refractivity contribution in [2.45, 2.75) is 26.2 Å². The van der Waals surface area contributed by atoms with Crippen molar-refractivity contribution in [3.63, 3.8) is 0 Å². The Morgan fingerprint density at radius 2 is 2.11 bits per heavy atom. The summed E-state index contributed by atoms with van der Waals surface area (Å²) in [5, 5.41) is 7.57. The molecular formula is C13H19N5S. The number of aryl methyl sites for hydroxylation is 1. The first kappa shape index (κ1) is 13.8. The summed E-state index contributed by atoms with van der Waals surface area (Å²) < 4.78 is 0. The molecule has 2 rings (SSSR count). The van der Waals surface area contributed by atoms with Gasteiger partial charge in [-0.3, -0.25) is 0 Å². The fraction of sp³-hybridized carbons (Fsp3) is 0.385. The number of hydrogen-bond acceptors (Lipinski definition) is 6. The van der Waals surface area contributed by atoms with Crippen molar-refractivity contribution in [3.05, 3.63) is 34.3 Å². The summed E-state index contributed by atoms with van der Waals surface area (Å²) in [7, 11) is 0. The molecule has 0 radical (unpaired) electrons. The van der Waals surface area contributed by atoms with Crippen molar-refractivity contribution in [2.75, 3.05) is 17.3 Å². The lowest BCUT2D eigenvalue weighted by atomic mass is 10.2. The number of thiophene rings is 1. The number of nitrogens with zero attached hydrogens (tertiary/aromatic N) is 2. The molecule has 0 aromatic carbocycles. The van der Waals surface area contributed by atoms with Crippen LogP contribution in [0.5, 0.6) is 0 Å². The average molecular weight is 277 g/mol. The van der Waals surface area contributed by atoms with Gasteiger partial charge in [0.25, 0.3) is 0 Å². The second-order valence-corrected chi connectivity index (χ2v) is 5.04. The van der Waals surface area contributed by atoms with E-state index in [0.717, 1.165) is 37.4 Å². The van der Waals surface area contributed by atoms with Crippen LogP contribution >= 0.6 is 11.3 Å². The van der Waals surface area contributed by atoms with Crippen LogP contribution in [0.1, 0.15) is 24.7 Å².